The molecule has 0 heterocycles. The quantitative estimate of drug-likeness (QED) is 0.474. The summed E-state index contributed by atoms with van der Waals surface area (Å²) in [6.45, 7) is 2.08. The minimum Gasteiger partial charge on any atom is -0.503 e. The fourth-order valence-corrected chi connectivity index (χ4v) is 2.69. The van der Waals surface area contributed by atoms with Crippen LogP contribution in [0.2, 0.25) is 0 Å². The summed E-state index contributed by atoms with van der Waals surface area (Å²) in [4.78, 5) is 11.7. The highest BCUT2D eigenvalue weighted by atomic mass is 79.9. The van der Waals surface area contributed by atoms with Gasteiger partial charge >= 0.3 is 0 Å². The first-order chi connectivity index (χ1) is 12.0. The van der Waals surface area contributed by atoms with Crippen LogP contribution in [0.15, 0.2) is 50.4 Å². The monoisotopic (exact) mass is 470 g/mol. The molecule has 0 bridgehead atoms. The Morgan fingerprint density at radius 1 is 1.28 bits per heavy atom. The fraction of sp³-hybridized carbons (Fsp3) is 0.176. The predicted octanol–water partition coefficient (Wildman–Crippen LogP) is 3.85. The maximum atomic E-state index is 11.7. The molecule has 0 saturated carbocycles. The van der Waals surface area contributed by atoms with Gasteiger partial charge in [0.05, 0.1) is 17.3 Å². The number of phenols is 1. The first-order valence-electron chi connectivity index (χ1n) is 7.35. The maximum Gasteiger partial charge on any atom is 0.277 e. The van der Waals surface area contributed by atoms with Crippen molar-refractivity contribution in [3.63, 3.8) is 0 Å². The molecule has 0 aromatic heterocycles. The zero-order valence-electron chi connectivity index (χ0n) is 13.3. The van der Waals surface area contributed by atoms with Crippen molar-refractivity contribution in [3.8, 4) is 17.2 Å². The van der Waals surface area contributed by atoms with Crippen LogP contribution >= 0.6 is 31.9 Å². The number of benzene rings is 2. The summed E-state index contributed by atoms with van der Waals surface area (Å²) < 4.78 is 12.0. The van der Waals surface area contributed by atoms with Crippen molar-refractivity contribution >= 4 is 44.0 Å². The minimum absolute atomic E-state index is 0.0189. The summed E-state index contributed by atoms with van der Waals surface area (Å²) in [5.74, 6) is 0.546. The van der Waals surface area contributed by atoms with E-state index in [9.17, 15) is 9.90 Å². The summed E-state index contributed by atoms with van der Waals surface area (Å²) in [5, 5.41) is 13.7. The molecule has 0 aliphatic carbocycles. The van der Waals surface area contributed by atoms with Crippen LogP contribution in [0.3, 0.4) is 0 Å². The van der Waals surface area contributed by atoms with Gasteiger partial charge in [-0.25, -0.2) is 5.43 Å². The Hall–Kier alpha value is -2.06. The average Bonchev–Trinajstić information content (AvgIpc) is 2.58. The number of rotatable bonds is 7. The van der Waals surface area contributed by atoms with Crippen LogP contribution in [-0.2, 0) is 4.79 Å². The zero-order valence-corrected chi connectivity index (χ0v) is 16.5. The van der Waals surface area contributed by atoms with E-state index in [1.165, 1.54) is 6.21 Å². The molecule has 0 aliphatic rings. The standard InChI is InChI=1S/C17H16Br2N2O4/c1-2-24-15-7-11(6-14(19)17(15)23)9-20-21-16(22)10-25-13-5-3-4-12(18)8-13/h3-9,23H,2,10H2,1H3,(H,21,22)/b20-9+. The van der Waals surface area contributed by atoms with E-state index in [2.05, 4.69) is 42.4 Å². The topological polar surface area (TPSA) is 80.2 Å². The lowest BCUT2D eigenvalue weighted by Gasteiger charge is -2.08. The Balaban J connectivity index is 1.90. The first kappa shape index (κ1) is 19.3. The van der Waals surface area contributed by atoms with Gasteiger partial charge in [-0.05, 0) is 58.7 Å². The van der Waals surface area contributed by atoms with E-state index in [-0.39, 0.29) is 18.3 Å². The fourth-order valence-electron chi connectivity index (χ4n) is 1.85. The van der Waals surface area contributed by atoms with Gasteiger partial charge in [0, 0.05) is 4.47 Å². The zero-order chi connectivity index (χ0) is 18.2. The Kier molecular flexibility index (Phi) is 7.27. The number of carbonyl (C=O) groups is 1. The summed E-state index contributed by atoms with van der Waals surface area (Å²) >= 11 is 6.57. The number of aromatic hydroxyl groups is 1. The van der Waals surface area contributed by atoms with E-state index in [1.807, 2.05) is 19.1 Å². The van der Waals surface area contributed by atoms with Crippen LogP contribution in [0.25, 0.3) is 0 Å². The largest absolute Gasteiger partial charge is 0.503 e. The molecular weight excluding hydrogens is 456 g/mol. The second kappa shape index (κ2) is 9.43. The molecule has 2 N–H and O–H groups in total. The summed E-state index contributed by atoms with van der Waals surface area (Å²) in [7, 11) is 0. The van der Waals surface area contributed by atoms with E-state index in [4.69, 9.17) is 9.47 Å². The molecule has 0 radical (unpaired) electrons. The Labute approximate surface area is 162 Å². The molecule has 2 rings (SSSR count). The van der Waals surface area contributed by atoms with Gasteiger partial charge in [0.25, 0.3) is 5.91 Å². The third-order valence-electron chi connectivity index (χ3n) is 2.92. The van der Waals surface area contributed by atoms with Crippen LogP contribution < -0.4 is 14.9 Å². The van der Waals surface area contributed by atoms with E-state index in [0.717, 1.165) is 4.47 Å². The molecule has 8 heteroatoms. The maximum absolute atomic E-state index is 11.7. The molecule has 25 heavy (non-hydrogen) atoms. The third kappa shape index (κ3) is 6.06. The molecule has 0 aliphatic heterocycles. The number of carbonyl (C=O) groups excluding carboxylic acids is 1. The van der Waals surface area contributed by atoms with Crippen molar-refractivity contribution in [2.75, 3.05) is 13.2 Å². The molecular formula is C17H16Br2N2O4. The second-order valence-electron chi connectivity index (χ2n) is 4.82. The van der Waals surface area contributed by atoms with Crippen molar-refractivity contribution in [1.29, 1.82) is 0 Å². The lowest BCUT2D eigenvalue weighted by molar-refractivity contribution is -0.123. The molecule has 132 valence electrons. The molecule has 0 saturated heterocycles. The van der Waals surface area contributed by atoms with Crippen molar-refractivity contribution in [3.05, 3.63) is 50.9 Å². The number of halogens is 2. The van der Waals surface area contributed by atoms with Crippen molar-refractivity contribution in [2.24, 2.45) is 5.10 Å². The van der Waals surface area contributed by atoms with Crippen molar-refractivity contribution < 1.29 is 19.4 Å². The van der Waals surface area contributed by atoms with Gasteiger partial charge in [0.2, 0.25) is 0 Å². The molecule has 0 fully saturated rings. The smallest absolute Gasteiger partial charge is 0.277 e. The summed E-state index contributed by atoms with van der Waals surface area (Å²) in [6.07, 6.45) is 1.45. The number of nitrogens with zero attached hydrogens (tertiary/aromatic N) is 1. The predicted molar refractivity (Wildman–Crippen MR) is 102 cm³/mol. The number of hydrazone groups is 1. The van der Waals surface area contributed by atoms with Crippen molar-refractivity contribution in [1.82, 2.24) is 5.43 Å². The molecule has 0 atom stereocenters. The third-order valence-corrected chi connectivity index (χ3v) is 4.02. The van der Waals surface area contributed by atoms with Gasteiger partial charge in [0.15, 0.2) is 18.1 Å². The lowest BCUT2D eigenvalue weighted by Crippen LogP contribution is -2.24. The number of phenolic OH excluding ortho intramolecular Hbond substituents is 1. The highest BCUT2D eigenvalue weighted by Crippen LogP contribution is 2.35. The number of hydrogen-bond acceptors (Lipinski definition) is 5. The van der Waals surface area contributed by atoms with Crippen LogP contribution in [0, 0.1) is 0 Å². The van der Waals surface area contributed by atoms with E-state index in [0.29, 0.717) is 28.1 Å². The molecule has 2 aromatic carbocycles. The minimum atomic E-state index is -0.390. The number of amides is 1. The van der Waals surface area contributed by atoms with Gasteiger partial charge in [0.1, 0.15) is 5.75 Å². The van der Waals surface area contributed by atoms with Gasteiger partial charge in [-0.15, -0.1) is 0 Å². The lowest BCUT2D eigenvalue weighted by atomic mass is 10.2. The number of nitrogens with one attached hydrogen (secondary N) is 1. The highest BCUT2D eigenvalue weighted by Gasteiger charge is 2.08. The van der Waals surface area contributed by atoms with E-state index in [1.54, 1.807) is 24.3 Å². The molecule has 1 amide bonds. The molecule has 0 unspecified atom stereocenters. The molecule has 0 spiro atoms. The van der Waals surface area contributed by atoms with Crippen LogP contribution in [0.4, 0.5) is 0 Å². The van der Waals surface area contributed by atoms with Crippen molar-refractivity contribution in [2.45, 2.75) is 6.92 Å². The number of ether oxygens (including phenoxy) is 2. The average molecular weight is 472 g/mol. The first-order valence-corrected chi connectivity index (χ1v) is 8.93. The number of hydrogen-bond donors (Lipinski definition) is 2. The summed E-state index contributed by atoms with van der Waals surface area (Å²) in [6, 6.07) is 10.5. The second-order valence-corrected chi connectivity index (χ2v) is 6.59. The molecule has 2 aromatic rings. The molecule has 6 nitrogen and oxygen atoms in total. The van der Waals surface area contributed by atoms with Crippen LogP contribution in [0.5, 0.6) is 17.2 Å². The van der Waals surface area contributed by atoms with E-state index < -0.39 is 0 Å². The van der Waals surface area contributed by atoms with Crippen LogP contribution in [0.1, 0.15) is 12.5 Å². The van der Waals surface area contributed by atoms with Gasteiger partial charge in [-0.2, -0.15) is 5.10 Å². The SMILES string of the molecule is CCOc1cc(/C=N/NC(=O)COc2cccc(Br)c2)cc(Br)c1O. The van der Waals surface area contributed by atoms with Gasteiger partial charge in [-0.1, -0.05) is 22.0 Å². The van der Waals surface area contributed by atoms with E-state index >= 15 is 0 Å². The Morgan fingerprint density at radius 2 is 2.08 bits per heavy atom. The van der Waals surface area contributed by atoms with Crippen LogP contribution in [-0.4, -0.2) is 30.4 Å². The van der Waals surface area contributed by atoms with Gasteiger partial charge < -0.3 is 14.6 Å². The normalized spacial score (nSPS) is 10.7. The van der Waals surface area contributed by atoms with Gasteiger partial charge in [-0.3, -0.25) is 4.79 Å². The highest BCUT2D eigenvalue weighted by molar-refractivity contribution is 9.10. The Bertz CT molecular complexity index is 781. The Morgan fingerprint density at radius 3 is 2.80 bits per heavy atom. The summed E-state index contributed by atoms with van der Waals surface area (Å²) in [5.41, 5.74) is 3.03.